The third-order valence-electron chi connectivity index (χ3n) is 2.82. The molecule has 1 aliphatic rings. The molecular weight excluding hydrogens is 295 g/mol. The van der Waals surface area contributed by atoms with Crippen LogP contribution in [0.15, 0.2) is 35.2 Å². The number of hydrogen-bond acceptors (Lipinski definition) is 6. The Morgan fingerprint density at radius 1 is 1.16 bits per heavy atom. The molecule has 2 rings (SSSR count). The first-order valence-corrected chi connectivity index (χ1v) is 6.98. The molecule has 1 heterocycles. The summed E-state index contributed by atoms with van der Waals surface area (Å²) in [6.45, 7) is -0.341. The van der Waals surface area contributed by atoms with Gasteiger partial charge in [-0.15, -0.1) is 0 Å². The Hall–Kier alpha value is 0.760. The van der Waals surface area contributed by atoms with Crippen molar-refractivity contribution >= 4 is 24.4 Å². The maximum absolute atomic E-state index is 9.84. The number of rotatable bonds is 3. The molecular formula is C12H15NaO4S2. The van der Waals surface area contributed by atoms with E-state index < -0.39 is 29.0 Å². The maximum Gasteiger partial charge on any atom is 1.00 e. The molecule has 7 heteroatoms. The SMILES string of the molecule is OC[C@H]1OC(Sc2ccccc2)[C@@H]([S-])[C@@H](O)[C@@H]1O.[Na+]. The van der Waals surface area contributed by atoms with Gasteiger partial charge >= 0.3 is 29.6 Å². The van der Waals surface area contributed by atoms with E-state index in [9.17, 15) is 10.2 Å². The topological polar surface area (TPSA) is 69.9 Å². The molecule has 1 aliphatic heterocycles. The van der Waals surface area contributed by atoms with Gasteiger partial charge in [0.25, 0.3) is 0 Å². The Balaban J connectivity index is 0.00000180. The van der Waals surface area contributed by atoms with Crippen molar-refractivity contribution in [3.63, 3.8) is 0 Å². The van der Waals surface area contributed by atoms with Crippen molar-refractivity contribution in [1.82, 2.24) is 0 Å². The van der Waals surface area contributed by atoms with E-state index in [2.05, 4.69) is 0 Å². The van der Waals surface area contributed by atoms with E-state index in [1.54, 1.807) is 0 Å². The van der Waals surface area contributed by atoms with Gasteiger partial charge in [-0.25, -0.2) is 0 Å². The summed E-state index contributed by atoms with van der Waals surface area (Å²) >= 11 is 6.56. The van der Waals surface area contributed by atoms with Crippen LogP contribution in [-0.2, 0) is 17.4 Å². The van der Waals surface area contributed by atoms with E-state index in [-0.39, 0.29) is 36.2 Å². The Kier molecular flexibility index (Phi) is 7.75. The minimum absolute atomic E-state index is 0. The molecule has 4 nitrogen and oxygen atoms in total. The third kappa shape index (κ3) is 4.36. The van der Waals surface area contributed by atoms with Crippen molar-refractivity contribution < 1.29 is 49.6 Å². The van der Waals surface area contributed by atoms with Crippen molar-refractivity contribution in [2.75, 3.05) is 6.61 Å². The summed E-state index contributed by atoms with van der Waals surface area (Å²) in [5, 5.41) is 28.0. The van der Waals surface area contributed by atoms with Crippen LogP contribution in [0.3, 0.4) is 0 Å². The summed E-state index contributed by atoms with van der Waals surface area (Å²) in [5.41, 5.74) is -0.460. The molecule has 0 amide bonds. The van der Waals surface area contributed by atoms with Crippen LogP contribution in [-0.4, -0.2) is 50.9 Å². The number of hydrogen-bond donors (Lipinski definition) is 3. The van der Waals surface area contributed by atoms with Crippen molar-refractivity contribution in [3.05, 3.63) is 30.3 Å². The first kappa shape index (κ1) is 17.8. The van der Waals surface area contributed by atoms with Gasteiger partial charge in [0.1, 0.15) is 12.2 Å². The molecule has 1 aromatic rings. The fraction of sp³-hybridized carbons (Fsp3) is 0.500. The molecule has 0 aliphatic carbocycles. The summed E-state index contributed by atoms with van der Waals surface area (Å²) in [6, 6.07) is 9.55. The van der Waals surface area contributed by atoms with Gasteiger partial charge in [0.2, 0.25) is 0 Å². The van der Waals surface area contributed by atoms with Crippen molar-refractivity contribution in [3.8, 4) is 0 Å². The third-order valence-corrected chi connectivity index (χ3v) is 4.70. The van der Waals surface area contributed by atoms with E-state index in [1.807, 2.05) is 30.3 Å². The first-order chi connectivity index (χ1) is 8.63. The van der Waals surface area contributed by atoms with Gasteiger partial charge in [0.15, 0.2) is 0 Å². The quantitative estimate of drug-likeness (QED) is 0.412. The Labute approximate surface area is 144 Å². The summed E-state index contributed by atoms with van der Waals surface area (Å²) in [5.74, 6) is 0. The zero-order valence-electron chi connectivity index (χ0n) is 10.5. The first-order valence-electron chi connectivity index (χ1n) is 5.63. The van der Waals surface area contributed by atoms with E-state index in [1.165, 1.54) is 11.8 Å². The van der Waals surface area contributed by atoms with Crippen LogP contribution in [0.1, 0.15) is 0 Å². The standard InChI is InChI=1S/C12H16O4S2.Na/c13-6-8-9(14)10(15)11(17)12(16-8)18-7-4-2-1-3-5-7;/h1-5,8-15,17H,6H2;/q;+1/p-1/t8-,9-,10+,11+,12?;/m1./s1. The number of aliphatic hydroxyl groups is 3. The normalized spacial score (nSPS) is 34.6. The van der Waals surface area contributed by atoms with E-state index in [4.69, 9.17) is 22.5 Å². The molecule has 1 unspecified atom stereocenters. The minimum Gasteiger partial charge on any atom is -0.783 e. The van der Waals surface area contributed by atoms with Crippen molar-refractivity contribution in [1.29, 1.82) is 0 Å². The average Bonchev–Trinajstić information content (AvgIpc) is 2.40. The van der Waals surface area contributed by atoms with Gasteiger partial charge in [-0.3, -0.25) is 0 Å². The molecule has 0 aromatic heterocycles. The second kappa shape index (κ2) is 8.26. The summed E-state index contributed by atoms with van der Waals surface area (Å²) < 4.78 is 5.53. The van der Waals surface area contributed by atoms with Gasteiger partial charge in [0, 0.05) is 4.90 Å². The van der Waals surface area contributed by atoms with Crippen molar-refractivity contribution in [2.24, 2.45) is 0 Å². The van der Waals surface area contributed by atoms with Gasteiger partial charge < -0.3 is 32.7 Å². The minimum atomic E-state index is -1.13. The summed E-state index contributed by atoms with van der Waals surface area (Å²) in [6.07, 6.45) is -2.99. The predicted molar refractivity (Wildman–Crippen MR) is 71.2 cm³/mol. The molecule has 0 spiro atoms. The number of thioether (sulfide) groups is 1. The molecule has 5 atom stereocenters. The van der Waals surface area contributed by atoms with Gasteiger partial charge in [-0.2, -0.15) is 0 Å². The Morgan fingerprint density at radius 3 is 2.37 bits per heavy atom. The molecule has 3 N–H and O–H groups in total. The van der Waals surface area contributed by atoms with E-state index in [0.29, 0.717) is 0 Å². The number of aliphatic hydroxyl groups excluding tert-OH is 3. The zero-order valence-corrected chi connectivity index (χ0v) is 14.2. The van der Waals surface area contributed by atoms with Gasteiger partial charge in [-0.05, 0) is 12.1 Å². The molecule has 0 radical (unpaired) electrons. The van der Waals surface area contributed by atoms with Crippen LogP contribution in [0.4, 0.5) is 0 Å². The van der Waals surface area contributed by atoms with E-state index >= 15 is 0 Å². The molecule has 1 fully saturated rings. The average molecular weight is 310 g/mol. The molecule has 19 heavy (non-hydrogen) atoms. The monoisotopic (exact) mass is 310 g/mol. The molecule has 1 saturated heterocycles. The Bertz CT molecular complexity index is 379. The van der Waals surface area contributed by atoms with Crippen molar-refractivity contribution in [2.45, 2.75) is 33.9 Å². The van der Waals surface area contributed by atoms with Crippen LogP contribution >= 0.6 is 11.8 Å². The smallest absolute Gasteiger partial charge is 0.783 e. The fourth-order valence-corrected chi connectivity index (χ4v) is 3.25. The molecule has 1 aromatic carbocycles. The van der Waals surface area contributed by atoms with Crippen LogP contribution in [0.2, 0.25) is 0 Å². The summed E-state index contributed by atoms with van der Waals surface area (Å²) in [7, 11) is 0. The molecule has 100 valence electrons. The van der Waals surface area contributed by atoms with Crippen LogP contribution in [0.5, 0.6) is 0 Å². The maximum atomic E-state index is 9.84. The summed E-state index contributed by atoms with van der Waals surface area (Å²) in [4.78, 5) is 0.970. The largest absolute Gasteiger partial charge is 1.00 e. The fourth-order valence-electron chi connectivity index (χ4n) is 1.78. The molecule has 0 bridgehead atoms. The van der Waals surface area contributed by atoms with Crippen LogP contribution < -0.4 is 29.6 Å². The molecule has 0 saturated carbocycles. The van der Waals surface area contributed by atoms with Crippen LogP contribution in [0.25, 0.3) is 0 Å². The second-order valence-corrected chi connectivity index (χ2v) is 5.82. The Morgan fingerprint density at radius 2 is 1.79 bits per heavy atom. The van der Waals surface area contributed by atoms with E-state index in [0.717, 1.165) is 4.90 Å². The van der Waals surface area contributed by atoms with Gasteiger partial charge in [0.05, 0.1) is 18.1 Å². The predicted octanol–water partition coefficient (Wildman–Crippen LogP) is -2.86. The number of ether oxygens (including phenoxy) is 1. The zero-order chi connectivity index (χ0) is 13.1. The second-order valence-electron chi connectivity index (χ2n) is 4.10. The van der Waals surface area contributed by atoms with Crippen LogP contribution in [0, 0.1) is 0 Å². The van der Waals surface area contributed by atoms with Gasteiger partial charge in [-0.1, -0.05) is 35.2 Å². The number of benzene rings is 1.